The first kappa shape index (κ1) is 15.1. The summed E-state index contributed by atoms with van der Waals surface area (Å²) in [6.45, 7) is 0. The molecule has 1 aromatic carbocycles. The van der Waals surface area contributed by atoms with Crippen molar-refractivity contribution in [2.45, 2.75) is 6.42 Å². The summed E-state index contributed by atoms with van der Waals surface area (Å²) in [4.78, 5) is 15.4. The molecule has 4 rings (SSSR count). The van der Waals surface area contributed by atoms with Gasteiger partial charge in [-0.2, -0.15) is 5.10 Å². The lowest BCUT2D eigenvalue weighted by Gasteiger charge is -2.04. The molecule has 0 unspecified atom stereocenters. The first-order valence-corrected chi connectivity index (χ1v) is 7.93. The van der Waals surface area contributed by atoms with Gasteiger partial charge < -0.3 is 5.11 Å². The number of rotatable bonds is 4. The molecule has 0 atom stereocenters. The molecule has 0 fully saturated rings. The quantitative estimate of drug-likeness (QED) is 0.620. The number of carboxylic acid groups (broad SMARTS) is 1. The minimum Gasteiger partial charge on any atom is -0.477 e. The summed E-state index contributed by atoms with van der Waals surface area (Å²) >= 11 is 0. The van der Waals surface area contributed by atoms with Crippen LogP contribution in [0.15, 0.2) is 72.9 Å². The Labute approximate surface area is 144 Å². The summed E-state index contributed by atoms with van der Waals surface area (Å²) in [7, 11) is 0. The van der Waals surface area contributed by atoms with Gasteiger partial charge in [0.25, 0.3) is 0 Å². The van der Waals surface area contributed by atoms with Crippen molar-refractivity contribution in [3.8, 4) is 11.3 Å². The molecule has 0 amide bonds. The van der Waals surface area contributed by atoms with Gasteiger partial charge in [-0.15, -0.1) is 0 Å². The van der Waals surface area contributed by atoms with Gasteiger partial charge in [0.2, 0.25) is 0 Å². The first-order valence-electron chi connectivity index (χ1n) is 7.93. The Balaban J connectivity index is 1.86. The van der Waals surface area contributed by atoms with E-state index in [1.54, 1.807) is 6.07 Å². The summed E-state index contributed by atoms with van der Waals surface area (Å²) in [6.07, 6.45) is 2.42. The van der Waals surface area contributed by atoms with Crippen LogP contribution in [-0.2, 0) is 6.42 Å². The number of pyridine rings is 2. The molecule has 5 heteroatoms. The molecule has 5 nitrogen and oxygen atoms in total. The maximum Gasteiger partial charge on any atom is 0.354 e. The third-order valence-electron chi connectivity index (χ3n) is 4.07. The maximum atomic E-state index is 11.2. The van der Waals surface area contributed by atoms with Crippen LogP contribution in [0, 0.1) is 0 Å². The summed E-state index contributed by atoms with van der Waals surface area (Å²) in [5.41, 5.74) is 4.68. The van der Waals surface area contributed by atoms with Gasteiger partial charge in [0.05, 0.1) is 11.2 Å². The standard InChI is InChI=1S/C20H15N3O2/c24-20(25)17-10-6-9-15(21-17)13-16-18-11-4-5-12-23(18)22-19(16)14-7-2-1-3-8-14/h1-12H,13H2,(H,24,25). The highest BCUT2D eigenvalue weighted by molar-refractivity contribution is 5.85. The zero-order valence-corrected chi connectivity index (χ0v) is 13.3. The number of fused-ring (bicyclic) bond motifs is 1. The molecule has 4 aromatic rings. The summed E-state index contributed by atoms with van der Waals surface area (Å²) < 4.78 is 1.85. The van der Waals surface area contributed by atoms with Crippen molar-refractivity contribution in [3.63, 3.8) is 0 Å². The largest absolute Gasteiger partial charge is 0.477 e. The molecular formula is C20H15N3O2. The highest BCUT2D eigenvalue weighted by Gasteiger charge is 2.16. The Kier molecular flexibility index (Phi) is 3.74. The predicted octanol–water partition coefficient (Wildman–Crippen LogP) is 3.69. The average Bonchev–Trinajstić information content (AvgIpc) is 3.01. The van der Waals surface area contributed by atoms with Gasteiger partial charge in [-0.05, 0) is 24.3 Å². The van der Waals surface area contributed by atoms with E-state index in [-0.39, 0.29) is 5.69 Å². The summed E-state index contributed by atoms with van der Waals surface area (Å²) in [5, 5.41) is 13.9. The molecule has 0 aliphatic carbocycles. The van der Waals surface area contributed by atoms with Crippen LogP contribution in [0.4, 0.5) is 0 Å². The number of hydrogen-bond donors (Lipinski definition) is 1. The van der Waals surface area contributed by atoms with Crippen LogP contribution in [0.5, 0.6) is 0 Å². The van der Waals surface area contributed by atoms with Gasteiger partial charge >= 0.3 is 5.97 Å². The summed E-state index contributed by atoms with van der Waals surface area (Å²) in [5.74, 6) is -1.02. The van der Waals surface area contributed by atoms with Crippen LogP contribution in [0.2, 0.25) is 0 Å². The Hall–Kier alpha value is -3.47. The van der Waals surface area contributed by atoms with Crippen molar-refractivity contribution >= 4 is 11.5 Å². The number of aromatic nitrogens is 3. The Morgan fingerprint density at radius 2 is 1.76 bits per heavy atom. The molecular weight excluding hydrogens is 314 g/mol. The number of carbonyl (C=O) groups is 1. The predicted molar refractivity (Wildman–Crippen MR) is 94.6 cm³/mol. The first-order chi connectivity index (χ1) is 12.2. The molecule has 0 aliphatic heterocycles. The van der Waals surface area contributed by atoms with E-state index in [0.29, 0.717) is 12.1 Å². The lowest BCUT2D eigenvalue weighted by atomic mass is 10.0. The zero-order valence-electron chi connectivity index (χ0n) is 13.3. The highest BCUT2D eigenvalue weighted by Crippen LogP contribution is 2.28. The Morgan fingerprint density at radius 3 is 2.56 bits per heavy atom. The molecule has 0 saturated heterocycles. The van der Waals surface area contributed by atoms with Gasteiger partial charge in [0, 0.05) is 29.4 Å². The van der Waals surface area contributed by atoms with Crippen LogP contribution in [0.25, 0.3) is 16.8 Å². The van der Waals surface area contributed by atoms with E-state index >= 15 is 0 Å². The van der Waals surface area contributed by atoms with E-state index in [9.17, 15) is 4.79 Å². The number of nitrogens with zero attached hydrogens (tertiary/aromatic N) is 3. The van der Waals surface area contributed by atoms with Gasteiger partial charge in [-0.1, -0.05) is 42.5 Å². The fourth-order valence-electron chi connectivity index (χ4n) is 2.93. The normalized spacial score (nSPS) is 10.9. The Bertz CT molecular complexity index is 1050. The molecule has 122 valence electrons. The lowest BCUT2D eigenvalue weighted by Crippen LogP contribution is -2.03. The fourth-order valence-corrected chi connectivity index (χ4v) is 2.93. The highest BCUT2D eigenvalue weighted by atomic mass is 16.4. The second-order valence-corrected chi connectivity index (χ2v) is 5.72. The van der Waals surface area contributed by atoms with Crippen molar-refractivity contribution < 1.29 is 9.90 Å². The van der Waals surface area contributed by atoms with E-state index in [4.69, 9.17) is 10.2 Å². The smallest absolute Gasteiger partial charge is 0.354 e. The lowest BCUT2D eigenvalue weighted by molar-refractivity contribution is 0.0690. The van der Waals surface area contributed by atoms with Gasteiger partial charge in [0.15, 0.2) is 0 Å². The average molecular weight is 329 g/mol. The van der Waals surface area contributed by atoms with Crippen LogP contribution in [0.3, 0.4) is 0 Å². The minimum absolute atomic E-state index is 0.0511. The van der Waals surface area contributed by atoms with E-state index < -0.39 is 5.97 Å². The maximum absolute atomic E-state index is 11.2. The molecule has 0 bridgehead atoms. The molecule has 3 aromatic heterocycles. The second kappa shape index (κ2) is 6.20. The monoisotopic (exact) mass is 329 g/mol. The van der Waals surface area contributed by atoms with Crippen molar-refractivity contribution in [2.75, 3.05) is 0 Å². The summed E-state index contributed by atoms with van der Waals surface area (Å²) in [6, 6.07) is 20.9. The van der Waals surface area contributed by atoms with Crippen molar-refractivity contribution in [1.82, 2.24) is 14.6 Å². The molecule has 0 aliphatic rings. The number of aromatic carboxylic acids is 1. The molecule has 0 spiro atoms. The van der Waals surface area contributed by atoms with E-state index in [1.807, 2.05) is 65.3 Å². The molecule has 0 saturated carbocycles. The Morgan fingerprint density at radius 1 is 0.960 bits per heavy atom. The SMILES string of the molecule is O=C(O)c1cccc(Cc2c(-c3ccccc3)nn3ccccc23)n1. The van der Waals surface area contributed by atoms with Gasteiger partial charge in [-0.3, -0.25) is 0 Å². The molecule has 1 N–H and O–H groups in total. The zero-order chi connectivity index (χ0) is 17.2. The van der Waals surface area contributed by atoms with Gasteiger partial charge in [-0.25, -0.2) is 14.3 Å². The third-order valence-corrected chi connectivity index (χ3v) is 4.07. The third kappa shape index (κ3) is 2.87. The van der Waals surface area contributed by atoms with E-state index in [1.165, 1.54) is 6.07 Å². The number of carboxylic acids is 1. The van der Waals surface area contributed by atoms with Crippen molar-refractivity contribution in [3.05, 3.63) is 89.9 Å². The van der Waals surface area contributed by atoms with E-state index in [2.05, 4.69) is 4.98 Å². The van der Waals surface area contributed by atoms with Crippen LogP contribution < -0.4 is 0 Å². The number of benzene rings is 1. The van der Waals surface area contributed by atoms with Crippen molar-refractivity contribution in [2.24, 2.45) is 0 Å². The van der Waals surface area contributed by atoms with Crippen LogP contribution in [0.1, 0.15) is 21.7 Å². The molecule has 25 heavy (non-hydrogen) atoms. The van der Waals surface area contributed by atoms with Crippen LogP contribution >= 0.6 is 0 Å². The fraction of sp³-hybridized carbons (Fsp3) is 0.0500. The minimum atomic E-state index is -1.02. The van der Waals surface area contributed by atoms with Crippen LogP contribution in [-0.4, -0.2) is 25.7 Å². The topological polar surface area (TPSA) is 67.5 Å². The van der Waals surface area contributed by atoms with Crippen molar-refractivity contribution in [1.29, 1.82) is 0 Å². The van der Waals surface area contributed by atoms with Gasteiger partial charge in [0.1, 0.15) is 5.69 Å². The number of hydrogen-bond acceptors (Lipinski definition) is 3. The molecule has 0 radical (unpaired) electrons. The molecule has 3 heterocycles. The second-order valence-electron chi connectivity index (χ2n) is 5.72. The van der Waals surface area contributed by atoms with E-state index in [0.717, 1.165) is 22.3 Å².